The number of hydrogen-bond donors (Lipinski definition) is 2. The Hall–Kier alpha value is -0.970. The van der Waals surface area contributed by atoms with Gasteiger partial charge in [-0.05, 0) is 31.5 Å². The van der Waals surface area contributed by atoms with Crippen LogP contribution in [0.25, 0.3) is 0 Å². The first-order valence-electron chi connectivity index (χ1n) is 6.35. The average Bonchev–Trinajstić information content (AvgIpc) is 2.57. The lowest BCUT2D eigenvalue weighted by molar-refractivity contribution is 0.158. The fraction of sp³-hybridized carbons (Fsp3) is 0.615. The van der Waals surface area contributed by atoms with Gasteiger partial charge >= 0.3 is 0 Å². The van der Waals surface area contributed by atoms with E-state index >= 15 is 0 Å². The second-order valence-electron chi connectivity index (χ2n) is 4.52. The van der Waals surface area contributed by atoms with Crippen LogP contribution >= 0.6 is 0 Å². The van der Waals surface area contributed by atoms with Crippen molar-refractivity contribution in [2.24, 2.45) is 0 Å². The lowest BCUT2D eigenvalue weighted by Gasteiger charge is -2.28. The number of aromatic nitrogens is 1. The summed E-state index contributed by atoms with van der Waals surface area (Å²) in [6.07, 6.45) is 3.83. The predicted molar refractivity (Wildman–Crippen MR) is 67.6 cm³/mol. The molecular weight excluding hydrogens is 214 g/mol. The highest BCUT2D eigenvalue weighted by atomic mass is 16.3. The van der Waals surface area contributed by atoms with E-state index in [4.69, 9.17) is 5.11 Å². The van der Waals surface area contributed by atoms with Crippen molar-refractivity contribution in [3.63, 3.8) is 0 Å². The molecule has 1 unspecified atom stereocenters. The Bertz CT molecular complexity index is 318. The summed E-state index contributed by atoms with van der Waals surface area (Å²) in [5, 5.41) is 12.5. The molecule has 0 amide bonds. The van der Waals surface area contributed by atoms with E-state index in [0.717, 1.165) is 44.7 Å². The van der Waals surface area contributed by atoms with E-state index in [1.165, 1.54) is 0 Å². The molecule has 1 saturated heterocycles. The molecule has 94 valence electrons. The van der Waals surface area contributed by atoms with Gasteiger partial charge in [0.25, 0.3) is 0 Å². The van der Waals surface area contributed by atoms with Crippen LogP contribution in [0.15, 0.2) is 24.4 Å². The molecule has 2 heterocycles. The highest BCUT2D eigenvalue weighted by Gasteiger charge is 2.20. The van der Waals surface area contributed by atoms with Gasteiger partial charge in [-0.15, -0.1) is 0 Å². The van der Waals surface area contributed by atoms with Gasteiger partial charge in [0.2, 0.25) is 0 Å². The smallest absolute Gasteiger partial charge is 0.0544 e. The van der Waals surface area contributed by atoms with Crippen LogP contribution in [0.4, 0.5) is 0 Å². The van der Waals surface area contributed by atoms with Crippen LogP contribution in [-0.4, -0.2) is 47.3 Å². The van der Waals surface area contributed by atoms with Gasteiger partial charge in [-0.25, -0.2) is 0 Å². The number of pyridine rings is 1. The standard InChI is InChI=1S/C13H21N3O/c17-9-5-13-10-14-6-3-8-16(13)11-12-4-1-2-7-15-12/h1-2,4,7,13-14,17H,3,5-6,8-11H2. The Morgan fingerprint density at radius 2 is 2.41 bits per heavy atom. The SMILES string of the molecule is OCCC1CNCCCN1Cc1ccccn1. The molecule has 1 aliphatic rings. The molecule has 0 bridgehead atoms. The molecule has 1 aromatic rings. The maximum atomic E-state index is 9.12. The topological polar surface area (TPSA) is 48.4 Å². The molecule has 2 rings (SSSR count). The normalized spacial score (nSPS) is 22.3. The molecule has 1 aliphatic heterocycles. The minimum absolute atomic E-state index is 0.255. The van der Waals surface area contributed by atoms with E-state index in [9.17, 15) is 0 Å². The summed E-state index contributed by atoms with van der Waals surface area (Å²) >= 11 is 0. The number of nitrogens with one attached hydrogen (secondary N) is 1. The van der Waals surface area contributed by atoms with Crippen molar-refractivity contribution in [2.75, 3.05) is 26.2 Å². The maximum Gasteiger partial charge on any atom is 0.0544 e. The first-order valence-corrected chi connectivity index (χ1v) is 6.35. The third-order valence-corrected chi connectivity index (χ3v) is 3.25. The van der Waals surface area contributed by atoms with Gasteiger partial charge in [-0.1, -0.05) is 6.07 Å². The molecule has 0 aromatic carbocycles. The maximum absolute atomic E-state index is 9.12. The summed E-state index contributed by atoms with van der Waals surface area (Å²) in [7, 11) is 0. The second-order valence-corrected chi connectivity index (χ2v) is 4.52. The third-order valence-electron chi connectivity index (χ3n) is 3.25. The summed E-state index contributed by atoms with van der Waals surface area (Å²) in [4.78, 5) is 6.80. The Balaban J connectivity index is 1.99. The van der Waals surface area contributed by atoms with Crippen LogP contribution in [-0.2, 0) is 6.54 Å². The fourth-order valence-electron chi connectivity index (χ4n) is 2.33. The van der Waals surface area contributed by atoms with Gasteiger partial charge in [0.1, 0.15) is 0 Å². The summed E-state index contributed by atoms with van der Waals surface area (Å²) in [5.74, 6) is 0. The third kappa shape index (κ3) is 3.77. The van der Waals surface area contributed by atoms with Crippen LogP contribution in [0.2, 0.25) is 0 Å². The van der Waals surface area contributed by atoms with E-state index in [0.29, 0.717) is 6.04 Å². The Kier molecular flexibility index (Phi) is 4.91. The number of nitrogens with zero attached hydrogens (tertiary/aromatic N) is 2. The van der Waals surface area contributed by atoms with Gasteiger partial charge in [-0.3, -0.25) is 9.88 Å². The number of aliphatic hydroxyl groups excluding tert-OH is 1. The van der Waals surface area contributed by atoms with Crippen molar-refractivity contribution in [1.82, 2.24) is 15.2 Å². The number of hydrogen-bond acceptors (Lipinski definition) is 4. The van der Waals surface area contributed by atoms with E-state index < -0.39 is 0 Å². The minimum atomic E-state index is 0.255. The van der Waals surface area contributed by atoms with Crippen LogP contribution in [0.3, 0.4) is 0 Å². The van der Waals surface area contributed by atoms with Crippen molar-refractivity contribution in [1.29, 1.82) is 0 Å². The molecule has 0 spiro atoms. The van der Waals surface area contributed by atoms with Crippen molar-refractivity contribution in [3.05, 3.63) is 30.1 Å². The molecular formula is C13H21N3O. The summed E-state index contributed by atoms with van der Waals surface area (Å²) in [6.45, 7) is 4.25. The molecule has 2 N–H and O–H groups in total. The number of aliphatic hydroxyl groups is 1. The zero-order chi connectivity index (χ0) is 11.9. The van der Waals surface area contributed by atoms with E-state index in [2.05, 4.69) is 21.3 Å². The first kappa shape index (κ1) is 12.5. The highest BCUT2D eigenvalue weighted by molar-refractivity contribution is 5.03. The lowest BCUT2D eigenvalue weighted by atomic mass is 10.1. The monoisotopic (exact) mass is 235 g/mol. The van der Waals surface area contributed by atoms with Crippen molar-refractivity contribution in [2.45, 2.75) is 25.4 Å². The van der Waals surface area contributed by atoms with Gasteiger partial charge in [-0.2, -0.15) is 0 Å². The van der Waals surface area contributed by atoms with Gasteiger partial charge in [0.05, 0.1) is 5.69 Å². The fourth-order valence-corrected chi connectivity index (χ4v) is 2.33. The molecule has 0 aliphatic carbocycles. The zero-order valence-corrected chi connectivity index (χ0v) is 10.2. The molecule has 1 atom stereocenters. The van der Waals surface area contributed by atoms with Crippen LogP contribution in [0.1, 0.15) is 18.5 Å². The van der Waals surface area contributed by atoms with E-state index in [1.54, 1.807) is 0 Å². The van der Waals surface area contributed by atoms with Gasteiger partial charge in [0.15, 0.2) is 0 Å². The van der Waals surface area contributed by atoms with Crippen molar-refractivity contribution in [3.8, 4) is 0 Å². The minimum Gasteiger partial charge on any atom is -0.396 e. The Morgan fingerprint density at radius 1 is 1.47 bits per heavy atom. The second kappa shape index (κ2) is 6.69. The quantitative estimate of drug-likeness (QED) is 0.803. The molecule has 4 heteroatoms. The van der Waals surface area contributed by atoms with Crippen LogP contribution < -0.4 is 5.32 Å². The van der Waals surface area contributed by atoms with Crippen molar-refractivity contribution < 1.29 is 5.11 Å². The zero-order valence-electron chi connectivity index (χ0n) is 10.2. The van der Waals surface area contributed by atoms with E-state index in [1.807, 2.05) is 18.3 Å². The summed E-state index contributed by atoms with van der Waals surface area (Å²) < 4.78 is 0. The molecule has 4 nitrogen and oxygen atoms in total. The molecule has 1 fully saturated rings. The number of rotatable bonds is 4. The first-order chi connectivity index (χ1) is 8.40. The van der Waals surface area contributed by atoms with Crippen molar-refractivity contribution >= 4 is 0 Å². The van der Waals surface area contributed by atoms with Crippen LogP contribution in [0, 0.1) is 0 Å². The average molecular weight is 235 g/mol. The lowest BCUT2D eigenvalue weighted by Crippen LogP contribution is -2.40. The predicted octanol–water partition coefficient (Wildman–Crippen LogP) is 0.628. The molecule has 17 heavy (non-hydrogen) atoms. The highest BCUT2D eigenvalue weighted by Crippen LogP contribution is 2.11. The van der Waals surface area contributed by atoms with Gasteiger partial charge < -0.3 is 10.4 Å². The molecule has 0 radical (unpaired) electrons. The van der Waals surface area contributed by atoms with Crippen LogP contribution in [0.5, 0.6) is 0 Å². The largest absolute Gasteiger partial charge is 0.396 e. The summed E-state index contributed by atoms with van der Waals surface area (Å²) in [5.41, 5.74) is 1.11. The van der Waals surface area contributed by atoms with E-state index in [-0.39, 0.29) is 6.61 Å². The summed E-state index contributed by atoms with van der Waals surface area (Å²) in [6, 6.07) is 6.46. The Morgan fingerprint density at radius 3 is 3.18 bits per heavy atom. The Labute approximate surface area is 103 Å². The molecule has 0 saturated carbocycles. The van der Waals surface area contributed by atoms with Gasteiger partial charge in [0, 0.05) is 38.5 Å². The molecule has 1 aromatic heterocycles.